The molecule has 5 aromatic rings. The van der Waals surface area contributed by atoms with Crippen LogP contribution in [0.5, 0.6) is 11.8 Å². The zero-order chi connectivity index (χ0) is 33.0. The summed E-state index contributed by atoms with van der Waals surface area (Å²) in [7, 11) is 1.53. The Hall–Kier alpha value is -4.65. The van der Waals surface area contributed by atoms with Gasteiger partial charge >= 0.3 is 0 Å². The molecule has 2 aliphatic heterocycles. The van der Waals surface area contributed by atoms with Gasteiger partial charge in [-0.3, -0.25) is 9.69 Å². The summed E-state index contributed by atoms with van der Waals surface area (Å²) in [5.74, 6) is 1.74. The van der Waals surface area contributed by atoms with Crippen LogP contribution >= 0.6 is 11.6 Å². The van der Waals surface area contributed by atoms with E-state index < -0.39 is 0 Å². The average Bonchev–Trinajstić information content (AvgIpc) is 3.40. The Labute approximate surface area is 282 Å². The molecule has 2 fully saturated rings. The van der Waals surface area contributed by atoms with Crippen molar-refractivity contribution in [3.05, 3.63) is 101 Å². The van der Waals surface area contributed by atoms with E-state index in [9.17, 15) is 9.18 Å². The number of piperidine rings is 1. The molecule has 11 nitrogen and oxygen atoms in total. The fourth-order valence-corrected chi connectivity index (χ4v) is 6.13. The molecule has 0 aliphatic carbocycles. The minimum atomic E-state index is -0.381. The number of halogens is 2. The van der Waals surface area contributed by atoms with Crippen molar-refractivity contribution in [2.45, 2.75) is 51.0 Å². The maximum absolute atomic E-state index is 14.3. The van der Waals surface area contributed by atoms with E-state index in [1.54, 1.807) is 36.5 Å². The number of pyridine rings is 1. The zero-order valence-corrected chi connectivity index (χ0v) is 27.2. The summed E-state index contributed by atoms with van der Waals surface area (Å²) in [6, 6.07) is 15.5. The van der Waals surface area contributed by atoms with Crippen LogP contribution < -0.4 is 14.8 Å². The Morgan fingerprint density at radius 1 is 1.04 bits per heavy atom. The number of fused-ring (bicyclic) bond motifs is 1. The standard InChI is InChI=1S/C35H35ClFN7O4/c1-46-33-7-3-23(19-39-33)35(45)40-25-5-6-30-29(18-25)41-32(44(30)20-27-11-15-47-27)21-43-13-9-26(10-14-43)48-34-8-12-38-31(42-34)16-22-2-4-24(36)17-28(22)37/h2-8,12,17-19,26-27H,9-11,13-16,20-21H2,1H3,(H,40,45)/t27-/m0/s1. The molecule has 0 saturated carbocycles. The van der Waals surface area contributed by atoms with Crippen LogP contribution in [0, 0.1) is 5.82 Å². The molecule has 1 N–H and O–H groups in total. The van der Waals surface area contributed by atoms with Crippen LogP contribution in [0.15, 0.2) is 67.0 Å². The third-order valence-corrected chi connectivity index (χ3v) is 8.94. The van der Waals surface area contributed by atoms with Gasteiger partial charge in [-0.05, 0) is 61.2 Å². The average molecular weight is 672 g/mol. The first-order chi connectivity index (χ1) is 23.4. The minimum Gasteiger partial charge on any atom is -0.481 e. The van der Waals surface area contributed by atoms with Gasteiger partial charge in [0.1, 0.15) is 23.6 Å². The van der Waals surface area contributed by atoms with E-state index in [1.165, 1.54) is 19.4 Å². The number of carbonyl (C=O) groups excluding carboxylic acids is 1. The summed E-state index contributed by atoms with van der Waals surface area (Å²) in [6.45, 7) is 3.85. The third kappa shape index (κ3) is 7.40. The molecule has 248 valence electrons. The van der Waals surface area contributed by atoms with Crippen LogP contribution in [0.1, 0.15) is 46.8 Å². The highest BCUT2D eigenvalue weighted by Crippen LogP contribution is 2.26. The predicted molar refractivity (Wildman–Crippen MR) is 178 cm³/mol. The van der Waals surface area contributed by atoms with Crippen molar-refractivity contribution in [2.75, 3.05) is 32.1 Å². The lowest BCUT2D eigenvalue weighted by molar-refractivity contribution is -0.0592. The largest absolute Gasteiger partial charge is 0.481 e. The van der Waals surface area contributed by atoms with E-state index in [2.05, 4.69) is 29.7 Å². The van der Waals surface area contributed by atoms with Crippen LogP contribution in [0.25, 0.3) is 11.0 Å². The van der Waals surface area contributed by atoms with Gasteiger partial charge in [-0.2, -0.15) is 4.98 Å². The van der Waals surface area contributed by atoms with Gasteiger partial charge in [0, 0.05) is 61.4 Å². The van der Waals surface area contributed by atoms with Crippen molar-refractivity contribution in [3.63, 3.8) is 0 Å². The topological polar surface area (TPSA) is 117 Å². The second-order valence-electron chi connectivity index (χ2n) is 12.0. The van der Waals surface area contributed by atoms with Crippen LogP contribution in [0.2, 0.25) is 5.02 Å². The number of imidazole rings is 1. The highest BCUT2D eigenvalue weighted by molar-refractivity contribution is 6.30. The number of rotatable bonds is 11. The number of likely N-dealkylation sites (tertiary alicyclic amines) is 1. The number of methoxy groups -OCH3 is 1. The number of aromatic nitrogens is 5. The van der Waals surface area contributed by atoms with Crippen molar-refractivity contribution in [3.8, 4) is 11.8 Å². The highest BCUT2D eigenvalue weighted by atomic mass is 35.5. The van der Waals surface area contributed by atoms with Gasteiger partial charge in [0.05, 0.1) is 42.9 Å². The molecule has 13 heteroatoms. The molecule has 0 spiro atoms. The molecule has 1 atom stereocenters. The Morgan fingerprint density at radius 2 is 1.90 bits per heavy atom. The second kappa shape index (κ2) is 14.2. The number of amides is 1. The Morgan fingerprint density at radius 3 is 2.62 bits per heavy atom. The summed E-state index contributed by atoms with van der Waals surface area (Å²) in [6.07, 6.45) is 6.22. The quantitative estimate of drug-likeness (QED) is 0.189. The van der Waals surface area contributed by atoms with E-state index >= 15 is 0 Å². The molecule has 1 amide bonds. The second-order valence-corrected chi connectivity index (χ2v) is 12.4. The molecule has 2 aromatic carbocycles. The number of ether oxygens (including phenoxy) is 3. The lowest BCUT2D eigenvalue weighted by atomic mass is 10.1. The molecular formula is C35H35ClFN7O4. The lowest BCUT2D eigenvalue weighted by Gasteiger charge is -2.32. The Kier molecular flexibility index (Phi) is 9.46. The molecule has 48 heavy (non-hydrogen) atoms. The first-order valence-corrected chi connectivity index (χ1v) is 16.3. The monoisotopic (exact) mass is 671 g/mol. The number of anilines is 1. The SMILES string of the molecule is COc1ccc(C(=O)Nc2ccc3c(c2)nc(CN2CCC(Oc4ccnc(Cc5ccc(Cl)cc5F)n4)CC2)n3C[C@@H]2CCO2)cn1. The minimum absolute atomic E-state index is 0.00512. The van der Waals surface area contributed by atoms with Gasteiger partial charge in [-0.25, -0.2) is 19.3 Å². The fraction of sp³-hybridized carbons (Fsp3) is 0.343. The maximum atomic E-state index is 14.3. The molecule has 2 saturated heterocycles. The van der Waals surface area contributed by atoms with Gasteiger partial charge in [-0.15, -0.1) is 0 Å². The van der Waals surface area contributed by atoms with Crippen molar-refractivity contribution < 1.29 is 23.4 Å². The summed E-state index contributed by atoms with van der Waals surface area (Å²) in [4.78, 5) is 33.2. The van der Waals surface area contributed by atoms with Crippen molar-refractivity contribution in [2.24, 2.45) is 0 Å². The van der Waals surface area contributed by atoms with Crippen molar-refractivity contribution in [1.82, 2.24) is 29.4 Å². The normalized spacial score (nSPS) is 16.9. The van der Waals surface area contributed by atoms with Gasteiger partial charge in [0.15, 0.2) is 0 Å². The number of nitrogens with one attached hydrogen (secondary N) is 1. The van der Waals surface area contributed by atoms with Gasteiger partial charge < -0.3 is 24.1 Å². The summed E-state index contributed by atoms with van der Waals surface area (Å²) in [5.41, 5.74) is 3.38. The van der Waals surface area contributed by atoms with E-state index in [-0.39, 0.29) is 30.4 Å². The molecule has 3 aromatic heterocycles. The van der Waals surface area contributed by atoms with Crippen LogP contribution in [0.3, 0.4) is 0 Å². The van der Waals surface area contributed by atoms with E-state index in [0.717, 1.165) is 62.4 Å². The van der Waals surface area contributed by atoms with Gasteiger partial charge in [0.2, 0.25) is 11.8 Å². The number of hydrogen-bond acceptors (Lipinski definition) is 9. The van der Waals surface area contributed by atoms with Crippen molar-refractivity contribution >= 4 is 34.2 Å². The van der Waals surface area contributed by atoms with Crippen LogP contribution in [-0.4, -0.2) is 74.3 Å². The van der Waals surface area contributed by atoms with E-state index in [0.29, 0.717) is 46.0 Å². The number of carbonyl (C=O) groups is 1. The molecule has 0 radical (unpaired) electrons. The first-order valence-electron chi connectivity index (χ1n) is 16.0. The number of hydrogen-bond donors (Lipinski definition) is 1. The molecule has 5 heterocycles. The molecule has 0 bridgehead atoms. The van der Waals surface area contributed by atoms with Crippen LogP contribution in [0.4, 0.5) is 10.1 Å². The van der Waals surface area contributed by atoms with Crippen LogP contribution in [-0.2, 0) is 24.2 Å². The highest BCUT2D eigenvalue weighted by Gasteiger charge is 2.26. The zero-order valence-electron chi connectivity index (χ0n) is 26.4. The summed E-state index contributed by atoms with van der Waals surface area (Å²) < 4.78 is 33.7. The van der Waals surface area contributed by atoms with Gasteiger partial charge in [-0.1, -0.05) is 17.7 Å². The van der Waals surface area contributed by atoms with Gasteiger partial charge in [0.25, 0.3) is 5.91 Å². The Balaban J connectivity index is 0.993. The predicted octanol–water partition coefficient (Wildman–Crippen LogP) is 5.70. The molecular weight excluding hydrogens is 637 g/mol. The molecule has 0 unspecified atom stereocenters. The first kappa shape index (κ1) is 31.9. The lowest BCUT2D eigenvalue weighted by Crippen LogP contribution is -2.39. The molecule has 7 rings (SSSR count). The summed E-state index contributed by atoms with van der Waals surface area (Å²) in [5, 5.41) is 3.31. The number of benzene rings is 2. The molecule has 2 aliphatic rings. The third-order valence-electron chi connectivity index (χ3n) is 8.70. The van der Waals surface area contributed by atoms with E-state index in [1.807, 2.05) is 18.2 Å². The Bertz CT molecular complexity index is 1910. The van der Waals surface area contributed by atoms with Crippen molar-refractivity contribution in [1.29, 1.82) is 0 Å². The number of nitrogens with zero attached hydrogens (tertiary/aromatic N) is 6. The summed E-state index contributed by atoms with van der Waals surface area (Å²) >= 11 is 5.89. The fourth-order valence-electron chi connectivity index (χ4n) is 5.98. The smallest absolute Gasteiger partial charge is 0.257 e. The van der Waals surface area contributed by atoms with E-state index in [4.69, 9.17) is 30.8 Å². The maximum Gasteiger partial charge on any atom is 0.257 e.